The topological polar surface area (TPSA) is 21.3 Å². The van der Waals surface area contributed by atoms with Crippen LogP contribution in [0.5, 0.6) is 0 Å². The number of rotatable bonds is 4. The molecule has 1 aromatic carbocycles. The largest absolute Gasteiger partial charge is 0.419 e. The van der Waals surface area contributed by atoms with Crippen molar-refractivity contribution in [3.63, 3.8) is 0 Å². The lowest BCUT2D eigenvalue weighted by atomic mass is 10.0. The average Bonchev–Trinajstić information content (AvgIpc) is 2.38. The molecule has 0 amide bonds. The molecule has 1 N–H and O–H groups in total. The van der Waals surface area contributed by atoms with Crippen LogP contribution in [0.3, 0.4) is 0 Å². The van der Waals surface area contributed by atoms with Crippen LogP contribution in [0.25, 0.3) is 0 Å². The maximum atomic E-state index is 13.4. The SMILES string of the molecule is Fc1cc(CNCC2CCOCC2)ccc1C(F)(F)F. The Balaban J connectivity index is 1.85. The first-order valence-electron chi connectivity index (χ1n) is 6.61. The fourth-order valence-corrected chi connectivity index (χ4v) is 2.27. The van der Waals surface area contributed by atoms with Crippen molar-refractivity contribution in [3.8, 4) is 0 Å². The molecule has 1 fully saturated rings. The normalized spacial score (nSPS) is 17.4. The lowest BCUT2D eigenvalue weighted by Crippen LogP contribution is -2.27. The number of benzene rings is 1. The zero-order valence-corrected chi connectivity index (χ0v) is 11.0. The molecule has 0 aliphatic carbocycles. The van der Waals surface area contributed by atoms with Gasteiger partial charge in [0.1, 0.15) is 5.82 Å². The maximum Gasteiger partial charge on any atom is 0.419 e. The summed E-state index contributed by atoms with van der Waals surface area (Å²) in [6, 6.07) is 3.05. The summed E-state index contributed by atoms with van der Waals surface area (Å²) in [5.41, 5.74) is -0.701. The summed E-state index contributed by atoms with van der Waals surface area (Å²) in [7, 11) is 0. The predicted octanol–water partition coefficient (Wildman–Crippen LogP) is 3.36. The van der Waals surface area contributed by atoms with Crippen molar-refractivity contribution in [2.75, 3.05) is 19.8 Å². The maximum absolute atomic E-state index is 13.4. The van der Waals surface area contributed by atoms with E-state index in [1.165, 1.54) is 6.07 Å². The summed E-state index contributed by atoms with van der Waals surface area (Å²) in [4.78, 5) is 0. The van der Waals surface area contributed by atoms with E-state index in [0.29, 0.717) is 18.0 Å². The van der Waals surface area contributed by atoms with Crippen LogP contribution in [0.2, 0.25) is 0 Å². The van der Waals surface area contributed by atoms with Gasteiger partial charge in [-0.25, -0.2) is 4.39 Å². The second-order valence-electron chi connectivity index (χ2n) is 5.00. The van der Waals surface area contributed by atoms with E-state index in [1.54, 1.807) is 0 Å². The van der Waals surface area contributed by atoms with Gasteiger partial charge in [-0.1, -0.05) is 6.07 Å². The standard InChI is InChI=1S/C14H17F4NO/c15-13-7-11(1-2-12(13)14(16,17)18)9-19-8-10-3-5-20-6-4-10/h1-2,7,10,19H,3-6,8-9H2. The molecule has 2 rings (SSSR count). The van der Waals surface area contributed by atoms with Gasteiger partial charge in [-0.2, -0.15) is 13.2 Å². The molecule has 1 saturated heterocycles. The van der Waals surface area contributed by atoms with Crippen molar-refractivity contribution in [2.24, 2.45) is 5.92 Å². The second kappa shape index (κ2) is 6.54. The molecule has 1 aliphatic heterocycles. The van der Waals surface area contributed by atoms with Crippen LogP contribution in [0.15, 0.2) is 18.2 Å². The highest BCUT2D eigenvalue weighted by molar-refractivity contribution is 5.26. The van der Waals surface area contributed by atoms with Crippen LogP contribution >= 0.6 is 0 Å². The van der Waals surface area contributed by atoms with Gasteiger partial charge in [0.25, 0.3) is 0 Å². The fourth-order valence-electron chi connectivity index (χ4n) is 2.27. The monoisotopic (exact) mass is 291 g/mol. The quantitative estimate of drug-likeness (QED) is 0.859. The van der Waals surface area contributed by atoms with Gasteiger partial charge in [0.15, 0.2) is 0 Å². The van der Waals surface area contributed by atoms with Crippen LogP contribution in [0, 0.1) is 11.7 Å². The van der Waals surface area contributed by atoms with Crippen LogP contribution in [0.1, 0.15) is 24.0 Å². The number of alkyl halides is 3. The van der Waals surface area contributed by atoms with Gasteiger partial charge < -0.3 is 10.1 Å². The Labute approximate surface area is 115 Å². The summed E-state index contributed by atoms with van der Waals surface area (Å²) in [5, 5.41) is 3.15. The molecule has 20 heavy (non-hydrogen) atoms. The third-order valence-corrected chi connectivity index (χ3v) is 3.44. The van der Waals surface area contributed by atoms with Crippen molar-refractivity contribution in [1.29, 1.82) is 0 Å². The molecule has 112 valence electrons. The summed E-state index contributed by atoms with van der Waals surface area (Å²) < 4.78 is 55.8. The van der Waals surface area contributed by atoms with Gasteiger partial charge in [0, 0.05) is 19.8 Å². The first-order chi connectivity index (χ1) is 9.47. The molecule has 0 atom stereocenters. The van der Waals surface area contributed by atoms with E-state index < -0.39 is 17.6 Å². The van der Waals surface area contributed by atoms with Gasteiger partial charge in [-0.05, 0) is 43.0 Å². The van der Waals surface area contributed by atoms with Crippen LogP contribution in [-0.2, 0) is 17.5 Å². The van der Waals surface area contributed by atoms with E-state index >= 15 is 0 Å². The lowest BCUT2D eigenvalue weighted by Gasteiger charge is -2.22. The summed E-state index contributed by atoms with van der Waals surface area (Å²) in [5.74, 6) is -0.703. The van der Waals surface area contributed by atoms with E-state index in [4.69, 9.17) is 4.74 Å². The van der Waals surface area contributed by atoms with Crippen LogP contribution < -0.4 is 5.32 Å². The number of halogens is 4. The smallest absolute Gasteiger partial charge is 0.381 e. The van der Waals surface area contributed by atoms with E-state index in [0.717, 1.165) is 44.7 Å². The molecule has 0 saturated carbocycles. The molecular formula is C14H17F4NO. The van der Waals surface area contributed by atoms with Crippen molar-refractivity contribution in [2.45, 2.75) is 25.6 Å². The minimum absolute atomic E-state index is 0.367. The highest BCUT2D eigenvalue weighted by atomic mass is 19.4. The van der Waals surface area contributed by atoms with E-state index in [-0.39, 0.29) is 0 Å². The van der Waals surface area contributed by atoms with Crippen LogP contribution in [0.4, 0.5) is 17.6 Å². The third-order valence-electron chi connectivity index (χ3n) is 3.44. The summed E-state index contributed by atoms with van der Waals surface area (Å²) in [6.45, 7) is 2.64. The molecule has 0 aromatic heterocycles. The van der Waals surface area contributed by atoms with Crippen molar-refractivity contribution in [1.82, 2.24) is 5.32 Å². The van der Waals surface area contributed by atoms with Gasteiger partial charge in [-0.15, -0.1) is 0 Å². The predicted molar refractivity (Wildman–Crippen MR) is 66.7 cm³/mol. The minimum Gasteiger partial charge on any atom is -0.381 e. The summed E-state index contributed by atoms with van der Waals surface area (Å²) >= 11 is 0. The Morgan fingerprint density at radius 1 is 1.20 bits per heavy atom. The molecule has 0 bridgehead atoms. The average molecular weight is 291 g/mol. The zero-order chi connectivity index (χ0) is 14.6. The molecule has 2 nitrogen and oxygen atoms in total. The lowest BCUT2D eigenvalue weighted by molar-refractivity contribution is -0.140. The van der Waals surface area contributed by atoms with Gasteiger partial charge in [0.2, 0.25) is 0 Å². The number of hydrogen-bond donors (Lipinski definition) is 1. The Bertz CT molecular complexity index is 441. The van der Waals surface area contributed by atoms with Gasteiger partial charge >= 0.3 is 6.18 Å². The molecule has 0 spiro atoms. The van der Waals surface area contributed by atoms with Gasteiger partial charge in [-0.3, -0.25) is 0 Å². The molecule has 6 heteroatoms. The van der Waals surface area contributed by atoms with Crippen molar-refractivity contribution < 1.29 is 22.3 Å². The minimum atomic E-state index is -4.64. The molecule has 1 heterocycles. The fraction of sp³-hybridized carbons (Fsp3) is 0.571. The Morgan fingerprint density at radius 2 is 1.90 bits per heavy atom. The Kier molecular flexibility index (Phi) is 4.99. The number of hydrogen-bond acceptors (Lipinski definition) is 2. The first-order valence-corrected chi connectivity index (χ1v) is 6.61. The van der Waals surface area contributed by atoms with E-state index in [2.05, 4.69) is 5.32 Å². The first kappa shape index (κ1) is 15.3. The Hall–Kier alpha value is -1.14. The second-order valence-corrected chi connectivity index (χ2v) is 5.00. The molecule has 1 aliphatic rings. The zero-order valence-electron chi connectivity index (χ0n) is 11.0. The highest BCUT2D eigenvalue weighted by Crippen LogP contribution is 2.31. The molecule has 0 unspecified atom stereocenters. The van der Waals surface area contributed by atoms with E-state index in [1.807, 2.05) is 0 Å². The number of ether oxygens (including phenoxy) is 1. The van der Waals surface area contributed by atoms with Gasteiger partial charge in [0.05, 0.1) is 5.56 Å². The van der Waals surface area contributed by atoms with Crippen LogP contribution in [-0.4, -0.2) is 19.8 Å². The van der Waals surface area contributed by atoms with Crippen molar-refractivity contribution >= 4 is 0 Å². The molecule has 0 radical (unpaired) electrons. The van der Waals surface area contributed by atoms with Crippen molar-refractivity contribution in [3.05, 3.63) is 35.1 Å². The number of nitrogens with one attached hydrogen (secondary N) is 1. The van der Waals surface area contributed by atoms with E-state index in [9.17, 15) is 17.6 Å². The third kappa shape index (κ3) is 4.18. The summed E-state index contributed by atoms with van der Waals surface area (Å²) in [6.07, 6.45) is -2.68. The molecular weight excluding hydrogens is 274 g/mol. The Morgan fingerprint density at radius 3 is 2.50 bits per heavy atom. The molecule has 1 aromatic rings. The highest BCUT2D eigenvalue weighted by Gasteiger charge is 2.33.